The van der Waals surface area contributed by atoms with Gasteiger partial charge in [-0.3, -0.25) is 10.2 Å². The summed E-state index contributed by atoms with van der Waals surface area (Å²) >= 11 is 4.35. The molecule has 1 amide bonds. The number of thiophene rings is 1. The predicted octanol–water partition coefficient (Wildman–Crippen LogP) is 2.29. The van der Waals surface area contributed by atoms with Gasteiger partial charge in [-0.25, -0.2) is 8.42 Å². The third kappa shape index (κ3) is 4.54. The molecule has 0 fully saturated rings. The van der Waals surface area contributed by atoms with Crippen LogP contribution in [0.5, 0.6) is 5.75 Å². The van der Waals surface area contributed by atoms with Gasteiger partial charge in [-0.1, -0.05) is 28.1 Å². The van der Waals surface area contributed by atoms with Crippen LogP contribution in [0.2, 0.25) is 0 Å². The second-order valence-electron chi connectivity index (χ2n) is 4.24. The number of amides is 1. The van der Waals surface area contributed by atoms with Crippen molar-refractivity contribution in [2.75, 3.05) is 0 Å². The van der Waals surface area contributed by atoms with Crippen molar-refractivity contribution in [1.82, 2.24) is 10.3 Å². The van der Waals surface area contributed by atoms with Crippen LogP contribution in [0.25, 0.3) is 0 Å². The Labute approximate surface area is 140 Å². The molecule has 22 heavy (non-hydrogen) atoms. The van der Waals surface area contributed by atoms with Gasteiger partial charge in [-0.2, -0.15) is 0 Å². The molecular weight excluding hydrogens is 392 g/mol. The maximum atomic E-state index is 11.9. The number of nitrogens with one attached hydrogen (secondary N) is 2. The first kappa shape index (κ1) is 16.9. The lowest BCUT2D eigenvalue weighted by Crippen LogP contribution is -2.46. The van der Waals surface area contributed by atoms with Crippen molar-refractivity contribution in [2.45, 2.75) is 17.2 Å². The Bertz CT molecular complexity index is 747. The molecule has 6 nitrogen and oxygen atoms in total. The van der Waals surface area contributed by atoms with Gasteiger partial charge in [0.05, 0.1) is 0 Å². The Kier molecular flexibility index (Phi) is 5.57. The molecule has 0 bridgehead atoms. The topological polar surface area (TPSA) is 84.5 Å². The normalized spacial score (nSPS) is 12.6. The van der Waals surface area contributed by atoms with Crippen molar-refractivity contribution in [1.29, 1.82) is 0 Å². The smallest absolute Gasteiger partial charge is 0.275 e. The van der Waals surface area contributed by atoms with Gasteiger partial charge in [0.25, 0.3) is 15.9 Å². The van der Waals surface area contributed by atoms with Gasteiger partial charge in [0, 0.05) is 4.47 Å². The van der Waals surface area contributed by atoms with E-state index in [0.29, 0.717) is 5.75 Å². The zero-order valence-corrected chi connectivity index (χ0v) is 14.7. The molecule has 2 rings (SSSR count). The van der Waals surface area contributed by atoms with E-state index in [4.69, 9.17) is 4.74 Å². The molecule has 0 unspecified atom stereocenters. The van der Waals surface area contributed by atoms with E-state index in [1.165, 1.54) is 13.0 Å². The summed E-state index contributed by atoms with van der Waals surface area (Å²) in [4.78, 5) is 13.9. The van der Waals surface area contributed by atoms with Crippen LogP contribution in [0.3, 0.4) is 0 Å². The summed E-state index contributed by atoms with van der Waals surface area (Å²) in [5, 5.41) is 1.63. The number of hydrogen-bond acceptors (Lipinski definition) is 5. The third-order valence-corrected chi connectivity index (χ3v) is 5.69. The summed E-state index contributed by atoms with van der Waals surface area (Å²) in [7, 11) is -3.75. The summed E-state index contributed by atoms with van der Waals surface area (Å²) in [6, 6.07) is 10.1. The van der Waals surface area contributed by atoms with Crippen molar-refractivity contribution < 1.29 is 17.9 Å². The van der Waals surface area contributed by atoms with Gasteiger partial charge in [-0.05, 0) is 36.6 Å². The molecule has 0 saturated carbocycles. The minimum absolute atomic E-state index is 0.119. The number of carbonyl (C=O) groups is 1. The van der Waals surface area contributed by atoms with Gasteiger partial charge in [-0.15, -0.1) is 16.2 Å². The first-order valence-corrected chi connectivity index (χ1v) is 9.31. The monoisotopic (exact) mass is 404 g/mol. The van der Waals surface area contributed by atoms with Crippen molar-refractivity contribution in [3.8, 4) is 5.75 Å². The molecule has 1 aromatic heterocycles. The molecule has 0 aliphatic carbocycles. The second kappa shape index (κ2) is 7.23. The van der Waals surface area contributed by atoms with E-state index in [2.05, 4.69) is 21.4 Å². The molecular formula is C13H13BrN2O4S2. The second-order valence-corrected chi connectivity index (χ2v) is 8.02. The minimum Gasteiger partial charge on any atom is -0.481 e. The fourth-order valence-corrected chi connectivity index (χ4v) is 3.70. The third-order valence-electron chi connectivity index (χ3n) is 2.55. The van der Waals surface area contributed by atoms with Crippen LogP contribution < -0.4 is 15.0 Å². The lowest BCUT2D eigenvalue weighted by molar-refractivity contribution is -0.127. The number of benzene rings is 1. The van der Waals surface area contributed by atoms with Crippen LogP contribution in [0.1, 0.15) is 6.92 Å². The van der Waals surface area contributed by atoms with Gasteiger partial charge in [0.1, 0.15) is 9.96 Å². The molecule has 1 heterocycles. The van der Waals surface area contributed by atoms with Crippen molar-refractivity contribution in [2.24, 2.45) is 0 Å². The zero-order valence-electron chi connectivity index (χ0n) is 11.4. The number of sulfonamides is 1. The fourth-order valence-electron chi connectivity index (χ4n) is 1.48. The minimum atomic E-state index is -3.75. The number of hydrogen-bond donors (Lipinski definition) is 2. The highest BCUT2D eigenvalue weighted by atomic mass is 79.9. The van der Waals surface area contributed by atoms with E-state index >= 15 is 0 Å². The van der Waals surface area contributed by atoms with E-state index in [9.17, 15) is 13.2 Å². The summed E-state index contributed by atoms with van der Waals surface area (Å²) in [6.45, 7) is 1.52. The molecule has 1 atom stereocenters. The van der Waals surface area contributed by atoms with Crippen LogP contribution in [-0.4, -0.2) is 20.4 Å². The van der Waals surface area contributed by atoms with E-state index in [1.807, 2.05) is 10.9 Å². The number of halogens is 1. The zero-order chi connectivity index (χ0) is 16.2. The van der Waals surface area contributed by atoms with Gasteiger partial charge >= 0.3 is 0 Å². The Balaban J connectivity index is 1.92. The molecule has 9 heteroatoms. The molecule has 2 N–H and O–H groups in total. The molecule has 118 valence electrons. The fraction of sp³-hybridized carbons (Fsp3) is 0.154. The maximum absolute atomic E-state index is 11.9. The van der Waals surface area contributed by atoms with Gasteiger partial charge < -0.3 is 4.74 Å². The number of carbonyl (C=O) groups excluding carboxylic acids is 1. The van der Waals surface area contributed by atoms with Gasteiger partial charge in [0.15, 0.2) is 6.10 Å². The number of ether oxygens (including phenoxy) is 1. The molecule has 0 saturated heterocycles. The van der Waals surface area contributed by atoms with Crippen LogP contribution in [0, 0.1) is 0 Å². The average molecular weight is 405 g/mol. The molecule has 0 aliphatic rings. The Hall–Kier alpha value is -1.42. The Morgan fingerprint density at radius 3 is 2.73 bits per heavy atom. The first-order valence-electron chi connectivity index (χ1n) is 6.16. The van der Waals surface area contributed by atoms with Crippen LogP contribution in [0.4, 0.5) is 0 Å². The first-order chi connectivity index (χ1) is 10.4. The summed E-state index contributed by atoms with van der Waals surface area (Å²) in [5.74, 6) is -0.0988. The van der Waals surface area contributed by atoms with Crippen LogP contribution >= 0.6 is 27.3 Å². The maximum Gasteiger partial charge on any atom is 0.275 e. The highest BCUT2D eigenvalue weighted by Gasteiger charge is 2.19. The van der Waals surface area contributed by atoms with E-state index in [0.717, 1.165) is 15.8 Å². The van der Waals surface area contributed by atoms with E-state index < -0.39 is 22.0 Å². The predicted molar refractivity (Wildman–Crippen MR) is 87.0 cm³/mol. The van der Waals surface area contributed by atoms with Crippen molar-refractivity contribution >= 4 is 43.2 Å². The summed E-state index contributed by atoms with van der Waals surface area (Å²) in [5.41, 5.74) is 2.14. The van der Waals surface area contributed by atoms with Gasteiger partial charge in [0.2, 0.25) is 0 Å². The molecule has 2 aromatic rings. The average Bonchev–Trinajstić information content (AvgIpc) is 3.00. The number of rotatable bonds is 6. The molecule has 0 spiro atoms. The van der Waals surface area contributed by atoms with Crippen molar-refractivity contribution in [3.63, 3.8) is 0 Å². The molecule has 1 aromatic carbocycles. The SMILES string of the molecule is C[C@@H](Oc1cccc(Br)c1)C(=O)NNS(=O)(=O)c1cccs1. The molecule has 0 radical (unpaired) electrons. The summed E-state index contributed by atoms with van der Waals surface area (Å²) in [6.07, 6.45) is -0.861. The van der Waals surface area contributed by atoms with E-state index in [-0.39, 0.29) is 4.21 Å². The largest absolute Gasteiger partial charge is 0.481 e. The Morgan fingerprint density at radius 2 is 2.09 bits per heavy atom. The van der Waals surface area contributed by atoms with Crippen LogP contribution in [0.15, 0.2) is 50.5 Å². The van der Waals surface area contributed by atoms with Crippen LogP contribution in [-0.2, 0) is 14.8 Å². The highest BCUT2D eigenvalue weighted by Crippen LogP contribution is 2.19. The van der Waals surface area contributed by atoms with E-state index in [1.54, 1.807) is 29.6 Å². The van der Waals surface area contributed by atoms with Crippen molar-refractivity contribution in [3.05, 3.63) is 46.3 Å². The Morgan fingerprint density at radius 1 is 1.32 bits per heavy atom. The number of hydrazine groups is 1. The quantitative estimate of drug-likeness (QED) is 0.723. The summed E-state index contributed by atoms with van der Waals surface area (Å²) < 4.78 is 30.1. The lowest BCUT2D eigenvalue weighted by Gasteiger charge is -2.15. The highest BCUT2D eigenvalue weighted by molar-refractivity contribution is 9.10. The standard InChI is InChI=1S/C13H13BrN2O4S2/c1-9(20-11-5-2-4-10(14)8-11)13(17)15-16-22(18,19)12-6-3-7-21-12/h2-9,16H,1H3,(H,15,17)/t9-/m1/s1. The molecule has 0 aliphatic heterocycles. The lowest BCUT2D eigenvalue weighted by atomic mass is 10.3.